The molecule has 19 heavy (non-hydrogen) atoms. The molecule has 0 spiro atoms. The van der Waals surface area contributed by atoms with E-state index in [0.717, 1.165) is 5.56 Å². The molecule has 0 bridgehead atoms. The van der Waals surface area contributed by atoms with Gasteiger partial charge in [0.1, 0.15) is 6.04 Å². The number of carboxylic acid groups (broad SMARTS) is 1. The zero-order valence-electron chi connectivity index (χ0n) is 9.65. The largest absolute Gasteiger partial charge is 0.480 e. The fourth-order valence-corrected chi connectivity index (χ4v) is 2.19. The summed E-state index contributed by atoms with van der Waals surface area (Å²) >= 11 is 0. The van der Waals surface area contributed by atoms with Gasteiger partial charge >= 0.3 is 11.9 Å². The van der Waals surface area contributed by atoms with Crippen LogP contribution in [-0.2, 0) is 11.2 Å². The molecule has 0 fully saturated rings. The highest BCUT2D eigenvalue weighted by Crippen LogP contribution is 2.32. The number of tetrazole rings is 1. The molecule has 1 aliphatic heterocycles. The lowest BCUT2D eigenvalue weighted by atomic mass is 10.1. The molecule has 3 rings (SSSR count). The fourth-order valence-electron chi connectivity index (χ4n) is 2.19. The smallest absolute Gasteiger partial charge is 0.327 e. The first-order valence-electron chi connectivity index (χ1n) is 5.56. The number of aromatic nitrogens is 4. The summed E-state index contributed by atoms with van der Waals surface area (Å²) in [5, 5.41) is 21.9. The van der Waals surface area contributed by atoms with E-state index in [1.807, 2.05) is 0 Å². The maximum Gasteiger partial charge on any atom is 0.327 e. The molecule has 1 aromatic heterocycles. The zero-order valence-corrected chi connectivity index (χ0v) is 9.65. The van der Waals surface area contributed by atoms with Crippen molar-refractivity contribution >= 4 is 17.6 Å². The summed E-state index contributed by atoms with van der Waals surface area (Å²) in [5.41, 5.74) is 1.39. The first kappa shape index (κ1) is 11.3. The second-order valence-electron chi connectivity index (χ2n) is 4.10. The Bertz CT molecular complexity index is 640. The van der Waals surface area contributed by atoms with E-state index in [0.29, 0.717) is 5.69 Å². The normalized spacial score (nSPS) is 17.3. The van der Waals surface area contributed by atoms with Gasteiger partial charge in [-0.2, -0.15) is 5.21 Å². The van der Waals surface area contributed by atoms with Crippen molar-refractivity contribution in [1.29, 1.82) is 0 Å². The SMILES string of the molecule is O=C(O)C1Cc2ccccc2N1C(=O)c1nn[nH]n1. The Balaban J connectivity index is 2.05. The van der Waals surface area contributed by atoms with Crippen LogP contribution in [0.25, 0.3) is 0 Å². The Morgan fingerprint density at radius 2 is 2.16 bits per heavy atom. The van der Waals surface area contributed by atoms with Crippen LogP contribution in [0.3, 0.4) is 0 Å². The number of para-hydroxylation sites is 1. The number of anilines is 1. The van der Waals surface area contributed by atoms with E-state index >= 15 is 0 Å². The van der Waals surface area contributed by atoms with Crippen molar-refractivity contribution in [1.82, 2.24) is 20.6 Å². The average Bonchev–Trinajstić information content (AvgIpc) is 3.05. The molecule has 8 nitrogen and oxygen atoms in total. The van der Waals surface area contributed by atoms with Crippen molar-refractivity contribution < 1.29 is 14.7 Å². The van der Waals surface area contributed by atoms with Crippen LogP contribution in [0.5, 0.6) is 0 Å². The van der Waals surface area contributed by atoms with Crippen LogP contribution < -0.4 is 4.90 Å². The Morgan fingerprint density at radius 3 is 2.84 bits per heavy atom. The summed E-state index contributed by atoms with van der Waals surface area (Å²) in [4.78, 5) is 24.8. The van der Waals surface area contributed by atoms with Crippen molar-refractivity contribution in [2.45, 2.75) is 12.5 Å². The molecule has 1 atom stereocenters. The number of benzene rings is 1. The number of nitrogens with zero attached hydrogens (tertiary/aromatic N) is 4. The van der Waals surface area contributed by atoms with Gasteiger partial charge in [-0.3, -0.25) is 9.69 Å². The van der Waals surface area contributed by atoms with Crippen molar-refractivity contribution in [3.05, 3.63) is 35.7 Å². The van der Waals surface area contributed by atoms with Crippen molar-refractivity contribution in [3.8, 4) is 0 Å². The van der Waals surface area contributed by atoms with Gasteiger partial charge in [0.25, 0.3) is 5.82 Å². The second-order valence-corrected chi connectivity index (χ2v) is 4.10. The third-order valence-corrected chi connectivity index (χ3v) is 3.02. The van der Waals surface area contributed by atoms with Crippen molar-refractivity contribution in [3.63, 3.8) is 0 Å². The first-order chi connectivity index (χ1) is 9.18. The third kappa shape index (κ3) is 1.73. The molecule has 8 heteroatoms. The zero-order chi connectivity index (χ0) is 13.4. The summed E-state index contributed by atoms with van der Waals surface area (Å²) in [6.45, 7) is 0. The van der Waals surface area contributed by atoms with Crippen LogP contribution in [-0.4, -0.2) is 43.6 Å². The van der Waals surface area contributed by atoms with Crippen molar-refractivity contribution in [2.75, 3.05) is 4.90 Å². The third-order valence-electron chi connectivity index (χ3n) is 3.02. The number of carboxylic acids is 1. The predicted molar refractivity (Wildman–Crippen MR) is 62.6 cm³/mol. The van der Waals surface area contributed by atoms with E-state index in [1.54, 1.807) is 24.3 Å². The number of H-pyrrole nitrogens is 1. The molecular formula is C11H9N5O3. The van der Waals surface area contributed by atoms with Crippen LogP contribution in [0.4, 0.5) is 5.69 Å². The van der Waals surface area contributed by atoms with Gasteiger partial charge in [-0.05, 0) is 16.8 Å². The molecule has 0 aliphatic carbocycles. The van der Waals surface area contributed by atoms with Gasteiger partial charge < -0.3 is 5.11 Å². The van der Waals surface area contributed by atoms with E-state index in [1.165, 1.54) is 4.90 Å². The molecule has 0 saturated carbocycles. The number of carbonyl (C=O) groups excluding carboxylic acids is 1. The van der Waals surface area contributed by atoms with E-state index in [-0.39, 0.29) is 12.2 Å². The van der Waals surface area contributed by atoms with Gasteiger partial charge in [0.15, 0.2) is 0 Å². The number of nitrogens with one attached hydrogen (secondary N) is 1. The standard InChI is InChI=1S/C11H9N5O3/c17-10(9-12-14-15-13-9)16-7-4-2-1-3-6(7)5-8(16)11(18)19/h1-4,8H,5H2,(H,18,19)(H,12,13,14,15). The number of hydrogen-bond acceptors (Lipinski definition) is 5. The predicted octanol–water partition coefficient (Wildman–Crippen LogP) is -0.144. The van der Waals surface area contributed by atoms with Crippen LogP contribution in [0.15, 0.2) is 24.3 Å². The van der Waals surface area contributed by atoms with Gasteiger partial charge in [-0.1, -0.05) is 18.2 Å². The number of hydrogen-bond donors (Lipinski definition) is 2. The molecule has 0 saturated heterocycles. The lowest BCUT2D eigenvalue weighted by Crippen LogP contribution is -2.43. The number of rotatable bonds is 2. The summed E-state index contributed by atoms with van der Waals surface area (Å²) < 4.78 is 0. The summed E-state index contributed by atoms with van der Waals surface area (Å²) in [5.74, 6) is -1.79. The highest BCUT2D eigenvalue weighted by atomic mass is 16.4. The van der Waals surface area contributed by atoms with Gasteiger partial charge in [0, 0.05) is 12.1 Å². The van der Waals surface area contributed by atoms with E-state index in [4.69, 9.17) is 0 Å². The minimum Gasteiger partial charge on any atom is -0.480 e. The first-order valence-corrected chi connectivity index (χ1v) is 5.56. The molecule has 0 radical (unpaired) electrons. The highest BCUT2D eigenvalue weighted by molar-refractivity contribution is 6.08. The summed E-state index contributed by atoms with van der Waals surface area (Å²) in [6.07, 6.45) is 0.273. The molecule has 2 heterocycles. The van der Waals surface area contributed by atoms with Crippen LogP contribution >= 0.6 is 0 Å². The van der Waals surface area contributed by atoms with Gasteiger partial charge in [0.05, 0.1) is 0 Å². The van der Waals surface area contributed by atoms with Gasteiger partial charge in [-0.15, -0.1) is 10.2 Å². The average molecular weight is 259 g/mol. The lowest BCUT2D eigenvalue weighted by Gasteiger charge is -2.20. The number of fused-ring (bicyclic) bond motifs is 1. The summed E-state index contributed by atoms with van der Waals surface area (Å²) in [6, 6.07) is 6.12. The molecule has 96 valence electrons. The Hall–Kier alpha value is -2.77. The minimum atomic E-state index is -1.06. The van der Waals surface area contributed by atoms with E-state index < -0.39 is 17.9 Å². The van der Waals surface area contributed by atoms with Crippen LogP contribution in [0.1, 0.15) is 16.2 Å². The minimum absolute atomic E-state index is 0.150. The van der Waals surface area contributed by atoms with E-state index in [2.05, 4.69) is 20.6 Å². The molecule has 1 aromatic carbocycles. The Labute approximate surface area is 107 Å². The molecule has 1 amide bonds. The number of carbonyl (C=O) groups is 2. The summed E-state index contributed by atoms with van der Waals surface area (Å²) in [7, 11) is 0. The number of aliphatic carboxylic acids is 1. The Morgan fingerprint density at radius 1 is 1.37 bits per heavy atom. The Kier molecular flexibility index (Phi) is 2.48. The lowest BCUT2D eigenvalue weighted by molar-refractivity contribution is -0.138. The maximum absolute atomic E-state index is 12.3. The van der Waals surface area contributed by atoms with Gasteiger partial charge in [0.2, 0.25) is 0 Å². The van der Waals surface area contributed by atoms with Crippen molar-refractivity contribution in [2.24, 2.45) is 0 Å². The second kappa shape index (κ2) is 4.16. The van der Waals surface area contributed by atoms with E-state index in [9.17, 15) is 14.7 Å². The van der Waals surface area contributed by atoms with Crippen LogP contribution in [0.2, 0.25) is 0 Å². The number of aromatic amines is 1. The quantitative estimate of drug-likeness (QED) is 0.776. The fraction of sp³-hybridized carbons (Fsp3) is 0.182. The van der Waals surface area contributed by atoms with Crippen LogP contribution in [0, 0.1) is 0 Å². The molecular weight excluding hydrogens is 250 g/mol. The molecule has 2 aromatic rings. The highest BCUT2D eigenvalue weighted by Gasteiger charge is 2.39. The monoisotopic (exact) mass is 259 g/mol. The van der Waals surface area contributed by atoms with Gasteiger partial charge in [-0.25, -0.2) is 4.79 Å². The topological polar surface area (TPSA) is 112 Å². The molecule has 2 N–H and O–H groups in total. The maximum atomic E-state index is 12.3. The molecule has 1 aliphatic rings. The molecule has 1 unspecified atom stereocenters. The number of amides is 1.